The Labute approximate surface area is 165 Å². The highest BCUT2D eigenvalue weighted by Gasteiger charge is 2.12. The third-order valence-corrected chi connectivity index (χ3v) is 4.37. The summed E-state index contributed by atoms with van der Waals surface area (Å²) in [7, 11) is 0. The van der Waals surface area contributed by atoms with Gasteiger partial charge in [0.05, 0.1) is 6.42 Å². The van der Waals surface area contributed by atoms with Crippen LogP contribution in [0.25, 0.3) is 0 Å². The lowest BCUT2D eigenvalue weighted by molar-refractivity contribution is -0.147. The molecule has 0 fully saturated rings. The number of anilines is 2. The number of rotatable bonds is 7. The van der Waals surface area contributed by atoms with Crippen LogP contribution in [0.4, 0.5) is 11.4 Å². The minimum Gasteiger partial charge on any atom is -0.456 e. The molecule has 0 atom stereocenters. The zero-order valence-corrected chi connectivity index (χ0v) is 16.7. The first kappa shape index (κ1) is 21.2. The van der Waals surface area contributed by atoms with Crippen molar-refractivity contribution in [3.05, 3.63) is 58.7 Å². The maximum Gasteiger partial charge on any atom is 0.306 e. The summed E-state index contributed by atoms with van der Waals surface area (Å²) in [6.07, 6.45) is -0.0992. The van der Waals surface area contributed by atoms with Crippen molar-refractivity contribution in [2.75, 3.05) is 17.2 Å². The van der Waals surface area contributed by atoms with Crippen LogP contribution in [-0.2, 0) is 19.1 Å². The highest BCUT2D eigenvalue weighted by atomic mass is 16.5. The molecule has 0 aliphatic rings. The molecule has 0 bridgehead atoms. The molecule has 148 valence electrons. The lowest BCUT2D eigenvalue weighted by Crippen LogP contribution is -2.22. The van der Waals surface area contributed by atoms with E-state index in [4.69, 9.17) is 4.74 Å². The van der Waals surface area contributed by atoms with Gasteiger partial charge in [-0.2, -0.15) is 0 Å². The number of hydrogen-bond acceptors (Lipinski definition) is 4. The van der Waals surface area contributed by atoms with Crippen molar-refractivity contribution in [1.82, 2.24) is 0 Å². The summed E-state index contributed by atoms with van der Waals surface area (Å²) in [4.78, 5) is 35.7. The smallest absolute Gasteiger partial charge is 0.306 e. The van der Waals surface area contributed by atoms with E-state index in [0.717, 1.165) is 22.3 Å². The standard InChI is InChI=1S/C22H26N2O4/c1-14-5-8-19(17(4)11-14)24-21(26)13-28-22(27)10-9-20(25)23-18-7-6-15(2)16(3)12-18/h5-8,11-12H,9-10,13H2,1-4H3,(H,23,25)(H,24,26). The average Bonchev–Trinajstić information content (AvgIpc) is 2.63. The van der Waals surface area contributed by atoms with Crippen LogP contribution < -0.4 is 10.6 Å². The zero-order chi connectivity index (χ0) is 20.7. The van der Waals surface area contributed by atoms with Gasteiger partial charge in [0, 0.05) is 17.8 Å². The summed E-state index contributed by atoms with van der Waals surface area (Å²) in [5.41, 5.74) is 5.62. The van der Waals surface area contributed by atoms with Crippen LogP contribution in [0.5, 0.6) is 0 Å². The van der Waals surface area contributed by atoms with Gasteiger partial charge < -0.3 is 15.4 Å². The first-order valence-corrected chi connectivity index (χ1v) is 9.14. The first-order chi connectivity index (χ1) is 13.2. The highest BCUT2D eigenvalue weighted by Crippen LogP contribution is 2.16. The van der Waals surface area contributed by atoms with Gasteiger partial charge in [0.15, 0.2) is 6.61 Å². The van der Waals surface area contributed by atoms with Gasteiger partial charge in [-0.05, 0) is 62.6 Å². The van der Waals surface area contributed by atoms with Gasteiger partial charge in [0.2, 0.25) is 5.91 Å². The molecule has 0 aliphatic carbocycles. The van der Waals surface area contributed by atoms with E-state index in [-0.39, 0.29) is 25.4 Å². The van der Waals surface area contributed by atoms with E-state index in [0.29, 0.717) is 11.4 Å². The minimum atomic E-state index is -0.592. The van der Waals surface area contributed by atoms with Gasteiger partial charge >= 0.3 is 5.97 Å². The van der Waals surface area contributed by atoms with E-state index in [1.165, 1.54) is 0 Å². The highest BCUT2D eigenvalue weighted by molar-refractivity contribution is 5.94. The number of amides is 2. The van der Waals surface area contributed by atoms with Crippen LogP contribution in [0.3, 0.4) is 0 Å². The molecule has 6 heteroatoms. The van der Waals surface area contributed by atoms with Gasteiger partial charge in [-0.25, -0.2) is 0 Å². The Balaban J connectivity index is 1.72. The largest absolute Gasteiger partial charge is 0.456 e. The second kappa shape index (κ2) is 9.69. The van der Waals surface area contributed by atoms with Crippen molar-refractivity contribution in [1.29, 1.82) is 0 Å². The Morgan fingerprint density at radius 3 is 2.21 bits per heavy atom. The summed E-state index contributed by atoms with van der Waals surface area (Å²) >= 11 is 0. The van der Waals surface area contributed by atoms with E-state index < -0.39 is 11.9 Å². The number of esters is 1. The number of carbonyl (C=O) groups is 3. The summed E-state index contributed by atoms with van der Waals surface area (Å²) in [5.74, 6) is -1.29. The quantitative estimate of drug-likeness (QED) is 0.713. The molecule has 0 saturated carbocycles. The molecule has 0 radical (unpaired) electrons. The molecule has 6 nitrogen and oxygen atoms in total. The molecular weight excluding hydrogens is 356 g/mol. The van der Waals surface area contributed by atoms with Crippen LogP contribution in [0.15, 0.2) is 36.4 Å². The summed E-state index contributed by atoms with van der Waals surface area (Å²) < 4.78 is 4.94. The van der Waals surface area contributed by atoms with E-state index in [1.807, 2.05) is 64.1 Å². The Kier molecular flexibility index (Phi) is 7.32. The fraction of sp³-hybridized carbons (Fsp3) is 0.318. The van der Waals surface area contributed by atoms with E-state index >= 15 is 0 Å². The Bertz CT molecular complexity index is 890. The van der Waals surface area contributed by atoms with Gasteiger partial charge in [0.25, 0.3) is 5.91 Å². The molecule has 2 N–H and O–H groups in total. The van der Waals surface area contributed by atoms with Crippen molar-refractivity contribution >= 4 is 29.2 Å². The second-order valence-corrected chi connectivity index (χ2v) is 6.87. The second-order valence-electron chi connectivity index (χ2n) is 6.87. The molecular formula is C22H26N2O4. The van der Waals surface area contributed by atoms with Crippen LogP contribution in [0, 0.1) is 27.7 Å². The molecule has 2 amide bonds. The Morgan fingerprint density at radius 2 is 1.54 bits per heavy atom. The fourth-order valence-electron chi connectivity index (χ4n) is 2.62. The monoisotopic (exact) mass is 382 g/mol. The molecule has 0 aromatic heterocycles. The van der Waals surface area contributed by atoms with Crippen LogP contribution >= 0.6 is 0 Å². The molecule has 0 aliphatic heterocycles. The van der Waals surface area contributed by atoms with E-state index in [2.05, 4.69) is 10.6 Å². The van der Waals surface area contributed by atoms with E-state index in [1.54, 1.807) is 0 Å². The maximum absolute atomic E-state index is 12.0. The van der Waals surface area contributed by atoms with E-state index in [9.17, 15) is 14.4 Å². The van der Waals surface area contributed by atoms with Gasteiger partial charge in [-0.3, -0.25) is 14.4 Å². The van der Waals surface area contributed by atoms with Gasteiger partial charge in [0.1, 0.15) is 0 Å². The van der Waals surface area contributed by atoms with Crippen LogP contribution in [-0.4, -0.2) is 24.4 Å². The predicted octanol–water partition coefficient (Wildman–Crippen LogP) is 3.82. The summed E-state index contributed by atoms with van der Waals surface area (Å²) in [6, 6.07) is 11.3. The molecule has 2 aromatic rings. The van der Waals surface area contributed by atoms with Crippen LogP contribution in [0.1, 0.15) is 35.1 Å². The van der Waals surface area contributed by atoms with Gasteiger partial charge in [-0.15, -0.1) is 0 Å². The fourth-order valence-corrected chi connectivity index (χ4v) is 2.62. The zero-order valence-electron chi connectivity index (χ0n) is 16.7. The Morgan fingerprint density at radius 1 is 0.786 bits per heavy atom. The molecule has 28 heavy (non-hydrogen) atoms. The maximum atomic E-state index is 12.0. The molecule has 2 aromatic carbocycles. The number of aryl methyl sites for hydroxylation is 4. The molecule has 2 rings (SSSR count). The first-order valence-electron chi connectivity index (χ1n) is 9.14. The SMILES string of the molecule is Cc1ccc(NC(=O)COC(=O)CCC(=O)Nc2ccc(C)c(C)c2)c(C)c1. The third kappa shape index (κ3) is 6.54. The van der Waals surface area contributed by atoms with Crippen LogP contribution in [0.2, 0.25) is 0 Å². The average molecular weight is 382 g/mol. The number of carbonyl (C=O) groups excluding carboxylic acids is 3. The third-order valence-electron chi connectivity index (χ3n) is 4.37. The molecule has 0 spiro atoms. The summed E-state index contributed by atoms with van der Waals surface area (Å²) in [5, 5.41) is 5.45. The van der Waals surface area contributed by atoms with Crippen molar-refractivity contribution in [3.63, 3.8) is 0 Å². The lowest BCUT2D eigenvalue weighted by atomic mass is 10.1. The molecule has 0 unspecified atom stereocenters. The lowest BCUT2D eigenvalue weighted by Gasteiger charge is -2.10. The van der Waals surface area contributed by atoms with Crippen molar-refractivity contribution < 1.29 is 19.1 Å². The predicted molar refractivity (Wildman–Crippen MR) is 109 cm³/mol. The molecule has 0 saturated heterocycles. The molecule has 0 heterocycles. The number of hydrogen-bond donors (Lipinski definition) is 2. The topological polar surface area (TPSA) is 84.5 Å². The Hall–Kier alpha value is -3.15. The number of benzene rings is 2. The minimum absolute atomic E-state index is 0.00948. The number of ether oxygens (including phenoxy) is 1. The summed E-state index contributed by atoms with van der Waals surface area (Å²) in [6.45, 7) is 7.43. The normalized spacial score (nSPS) is 10.3. The van der Waals surface area contributed by atoms with Gasteiger partial charge in [-0.1, -0.05) is 23.8 Å². The van der Waals surface area contributed by atoms with Crippen molar-refractivity contribution in [2.24, 2.45) is 0 Å². The van der Waals surface area contributed by atoms with Crippen molar-refractivity contribution in [2.45, 2.75) is 40.5 Å². The van der Waals surface area contributed by atoms with Crippen molar-refractivity contribution in [3.8, 4) is 0 Å². The number of nitrogens with one attached hydrogen (secondary N) is 2.